The molecule has 0 spiro atoms. The predicted octanol–water partition coefficient (Wildman–Crippen LogP) is 4.37. The number of anilines is 2. The van der Waals surface area contributed by atoms with Gasteiger partial charge in [-0.1, -0.05) is 12.1 Å². The van der Waals surface area contributed by atoms with Gasteiger partial charge in [-0.15, -0.1) is 0 Å². The zero-order valence-electron chi connectivity index (χ0n) is 12.1. The predicted molar refractivity (Wildman–Crippen MR) is 84.5 cm³/mol. The smallest absolute Gasteiger partial charge is 0.0372 e. The van der Waals surface area contributed by atoms with Gasteiger partial charge in [-0.3, -0.25) is 0 Å². The Labute approximate surface area is 115 Å². The molecule has 0 saturated heterocycles. The van der Waals surface area contributed by atoms with Gasteiger partial charge in [0, 0.05) is 17.4 Å². The summed E-state index contributed by atoms with van der Waals surface area (Å²) in [6.07, 6.45) is 0. The molecule has 0 radical (unpaired) electrons. The summed E-state index contributed by atoms with van der Waals surface area (Å²) in [5.41, 5.74) is 12.7. The fourth-order valence-corrected chi connectivity index (χ4v) is 2.17. The summed E-state index contributed by atoms with van der Waals surface area (Å²) >= 11 is 0. The lowest BCUT2D eigenvalue weighted by atomic mass is 10.00. The van der Waals surface area contributed by atoms with E-state index in [0.29, 0.717) is 6.04 Å². The van der Waals surface area contributed by atoms with E-state index in [1.807, 2.05) is 13.0 Å². The lowest BCUT2D eigenvalue weighted by Gasteiger charge is -2.14. The van der Waals surface area contributed by atoms with Crippen LogP contribution in [0.25, 0.3) is 11.1 Å². The van der Waals surface area contributed by atoms with Crippen molar-refractivity contribution in [1.82, 2.24) is 0 Å². The van der Waals surface area contributed by atoms with Crippen molar-refractivity contribution in [2.24, 2.45) is 0 Å². The highest BCUT2D eigenvalue weighted by Crippen LogP contribution is 2.27. The Morgan fingerprint density at radius 2 is 1.47 bits per heavy atom. The van der Waals surface area contributed by atoms with E-state index in [1.54, 1.807) is 0 Å². The lowest BCUT2D eigenvalue weighted by Crippen LogP contribution is -2.10. The van der Waals surface area contributed by atoms with Crippen LogP contribution < -0.4 is 11.1 Å². The van der Waals surface area contributed by atoms with Crippen LogP contribution in [0, 0.1) is 13.8 Å². The standard InChI is InChI=1S/C17H22N2/c1-11(2)19-17-8-6-15(10-13(17)4)14-5-7-16(18)12(3)9-14/h5-11,19H,18H2,1-4H3. The van der Waals surface area contributed by atoms with Crippen LogP contribution in [-0.4, -0.2) is 6.04 Å². The first-order chi connectivity index (χ1) is 8.97. The number of nitrogens with two attached hydrogens (primary N) is 1. The third kappa shape index (κ3) is 3.08. The minimum Gasteiger partial charge on any atom is -0.399 e. The summed E-state index contributed by atoms with van der Waals surface area (Å²) < 4.78 is 0. The number of aryl methyl sites for hydroxylation is 2. The lowest BCUT2D eigenvalue weighted by molar-refractivity contribution is 0.897. The van der Waals surface area contributed by atoms with Gasteiger partial charge in [0.25, 0.3) is 0 Å². The Kier molecular flexibility index (Phi) is 3.79. The van der Waals surface area contributed by atoms with E-state index in [9.17, 15) is 0 Å². The second kappa shape index (κ2) is 5.35. The first kappa shape index (κ1) is 13.5. The van der Waals surface area contributed by atoms with Gasteiger partial charge in [0.15, 0.2) is 0 Å². The molecule has 0 bridgehead atoms. The topological polar surface area (TPSA) is 38.0 Å². The van der Waals surface area contributed by atoms with E-state index >= 15 is 0 Å². The molecule has 0 aromatic heterocycles. The Bertz CT molecular complexity index is 586. The normalized spacial score (nSPS) is 10.8. The van der Waals surface area contributed by atoms with Crippen molar-refractivity contribution in [3.63, 3.8) is 0 Å². The Morgan fingerprint density at radius 1 is 0.895 bits per heavy atom. The van der Waals surface area contributed by atoms with Gasteiger partial charge >= 0.3 is 0 Å². The van der Waals surface area contributed by atoms with Crippen LogP contribution in [0.1, 0.15) is 25.0 Å². The van der Waals surface area contributed by atoms with Gasteiger partial charge in [-0.25, -0.2) is 0 Å². The maximum Gasteiger partial charge on any atom is 0.0372 e. The highest BCUT2D eigenvalue weighted by Gasteiger charge is 2.04. The molecule has 2 heteroatoms. The van der Waals surface area contributed by atoms with Gasteiger partial charge in [0.1, 0.15) is 0 Å². The summed E-state index contributed by atoms with van der Waals surface area (Å²) in [4.78, 5) is 0. The molecule has 2 aromatic rings. The monoisotopic (exact) mass is 254 g/mol. The van der Waals surface area contributed by atoms with Crippen LogP contribution in [0.15, 0.2) is 36.4 Å². The number of rotatable bonds is 3. The number of nitrogens with one attached hydrogen (secondary N) is 1. The van der Waals surface area contributed by atoms with E-state index in [0.717, 1.165) is 11.3 Å². The number of hydrogen-bond donors (Lipinski definition) is 2. The van der Waals surface area contributed by atoms with E-state index in [1.165, 1.54) is 22.4 Å². The molecule has 0 aliphatic heterocycles. The largest absolute Gasteiger partial charge is 0.399 e. The van der Waals surface area contributed by atoms with Gasteiger partial charge in [0.2, 0.25) is 0 Å². The van der Waals surface area contributed by atoms with Crippen molar-refractivity contribution >= 4 is 11.4 Å². The molecule has 0 heterocycles. The van der Waals surface area contributed by atoms with Gasteiger partial charge < -0.3 is 11.1 Å². The second-order valence-corrected chi connectivity index (χ2v) is 5.40. The number of hydrogen-bond acceptors (Lipinski definition) is 2. The quantitative estimate of drug-likeness (QED) is 0.798. The first-order valence-electron chi connectivity index (χ1n) is 6.71. The molecule has 0 saturated carbocycles. The summed E-state index contributed by atoms with van der Waals surface area (Å²) in [7, 11) is 0. The van der Waals surface area contributed by atoms with Crippen LogP contribution in [0.2, 0.25) is 0 Å². The summed E-state index contributed by atoms with van der Waals surface area (Å²) in [5.74, 6) is 0. The molecular formula is C17H22N2. The van der Waals surface area contributed by atoms with Crippen LogP contribution in [-0.2, 0) is 0 Å². The van der Waals surface area contributed by atoms with Gasteiger partial charge in [-0.05, 0) is 74.2 Å². The van der Waals surface area contributed by atoms with Crippen LogP contribution in [0.5, 0.6) is 0 Å². The highest BCUT2D eigenvalue weighted by atomic mass is 14.9. The van der Waals surface area contributed by atoms with E-state index in [4.69, 9.17) is 5.73 Å². The molecule has 2 rings (SSSR count). The molecular weight excluding hydrogens is 232 g/mol. The fraction of sp³-hybridized carbons (Fsp3) is 0.294. The van der Waals surface area contributed by atoms with Gasteiger partial charge in [0.05, 0.1) is 0 Å². The zero-order valence-corrected chi connectivity index (χ0v) is 12.1. The molecule has 3 N–H and O–H groups in total. The molecule has 0 atom stereocenters. The molecule has 0 fully saturated rings. The van der Waals surface area contributed by atoms with Crippen molar-refractivity contribution < 1.29 is 0 Å². The molecule has 0 amide bonds. The minimum atomic E-state index is 0.448. The third-order valence-electron chi connectivity index (χ3n) is 3.27. The summed E-state index contributed by atoms with van der Waals surface area (Å²) in [6, 6.07) is 13.2. The van der Waals surface area contributed by atoms with E-state index in [-0.39, 0.29) is 0 Å². The molecule has 100 valence electrons. The number of nitrogen functional groups attached to an aromatic ring is 1. The molecule has 0 aliphatic carbocycles. The minimum absolute atomic E-state index is 0.448. The first-order valence-corrected chi connectivity index (χ1v) is 6.71. The van der Waals surface area contributed by atoms with Crippen molar-refractivity contribution in [2.75, 3.05) is 11.1 Å². The average molecular weight is 254 g/mol. The number of benzene rings is 2. The fourth-order valence-electron chi connectivity index (χ4n) is 2.17. The van der Waals surface area contributed by atoms with Crippen LogP contribution in [0.3, 0.4) is 0 Å². The van der Waals surface area contributed by atoms with Crippen molar-refractivity contribution in [3.8, 4) is 11.1 Å². The van der Waals surface area contributed by atoms with E-state index < -0.39 is 0 Å². The molecule has 19 heavy (non-hydrogen) atoms. The van der Waals surface area contributed by atoms with Crippen LogP contribution in [0.4, 0.5) is 11.4 Å². The second-order valence-electron chi connectivity index (χ2n) is 5.40. The van der Waals surface area contributed by atoms with Gasteiger partial charge in [-0.2, -0.15) is 0 Å². The maximum absolute atomic E-state index is 5.87. The molecule has 2 aromatic carbocycles. The average Bonchev–Trinajstić information content (AvgIpc) is 2.35. The molecule has 0 aliphatic rings. The zero-order chi connectivity index (χ0) is 14.0. The van der Waals surface area contributed by atoms with Crippen molar-refractivity contribution in [1.29, 1.82) is 0 Å². The Balaban J connectivity index is 2.36. The highest BCUT2D eigenvalue weighted by molar-refractivity contribution is 5.71. The van der Waals surface area contributed by atoms with Crippen LogP contribution >= 0.6 is 0 Å². The SMILES string of the molecule is Cc1cc(-c2ccc(NC(C)C)c(C)c2)ccc1N. The molecule has 0 unspecified atom stereocenters. The van der Waals surface area contributed by atoms with Crippen molar-refractivity contribution in [3.05, 3.63) is 47.5 Å². The third-order valence-corrected chi connectivity index (χ3v) is 3.27. The molecule has 2 nitrogen and oxygen atoms in total. The summed E-state index contributed by atoms with van der Waals surface area (Å²) in [6.45, 7) is 8.48. The maximum atomic E-state index is 5.87. The van der Waals surface area contributed by atoms with Crippen molar-refractivity contribution in [2.45, 2.75) is 33.7 Å². The summed E-state index contributed by atoms with van der Waals surface area (Å²) in [5, 5.41) is 3.45. The Morgan fingerprint density at radius 3 is 2.00 bits per heavy atom. The Hall–Kier alpha value is -1.96. The van der Waals surface area contributed by atoms with E-state index in [2.05, 4.69) is 56.4 Å².